The van der Waals surface area contributed by atoms with Gasteiger partial charge in [-0.25, -0.2) is 9.98 Å². The quantitative estimate of drug-likeness (QED) is 0.604. The van der Waals surface area contributed by atoms with E-state index in [1.165, 1.54) is 12.1 Å². The fraction of sp³-hybridized carbons (Fsp3) is 0.500. The van der Waals surface area contributed by atoms with Gasteiger partial charge in [-0.15, -0.1) is 0 Å². The fourth-order valence-electron chi connectivity index (χ4n) is 3.81. The Morgan fingerprint density at radius 2 is 1.83 bits per heavy atom. The van der Waals surface area contributed by atoms with Crippen LogP contribution in [0.3, 0.4) is 0 Å². The molecule has 1 aromatic heterocycles. The number of fused-ring (bicyclic) bond motifs is 1. The predicted octanol–water partition coefficient (Wildman–Crippen LogP) is 3.71. The lowest BCUT2D eigenvalue weighted by Crippen LogP contribution is -2.44. The van der Waals surface area contributed by atoms with E-state index in [2.05, 4.69) is 25.9 Å². The third-order valence-corrected chi connectivity index (χ3v) is 5.51. The first kappa shape index (κ1) is 20.5. The van der Waals surface area contributed by atoms with Gasteiger partial charge in [0, 0.05) is 18.3 Å². The van der Waals surface area contributed by atoms with Crippen LogP contribution < -0.4 is 16.0 Å². The van der Waals surface area contributed by atoms with Crippen molar-refractivity contribution in [2.24, 2.45) is 4.99 Å². The number of aliphatic hydroxyl groups is 1. The first-order chi connectivity index (χ1) is 14.3. The minimum absolute atomic E-state index is 0.200. The predicted molar refractivity (Wildman–Crippen MR) is 108 cm³/mol. The van der Waals surface area contributed by atoms with Crippen LogP contribution in [-0.2, 0) is 12.7 Å². The molecule has 1 aromatic carbocycles. The molecule has 4 N–H and O–H groups in total. The summed E-state index contributed by atoms with van der Waals surface area (Å²) in [5, 5.41) is 19.6. The average Bonchev–Trinajstić information content (AvgIpc) is 3.13. The van der Waals surface area contributed by atoms with E-state index in [1.807, 2.05) is 11.5 Å². The topological polar surface area (TPSA) is 86.5 Å². The largest absolute Gasteiger partial charge is 0.416 e. The maximum Gasteiger partial charge on any atom is 0.416 e. The number of anilines is 2. The molecule has 162 valence electrons. The van der Waals surface area contributed by atoms with E-state index in [0.717, 1.165) is 43.6 Å². The minimum atomic E-state index is -4.37. The molecule has 0 spiro atoms. The van der Waals surface area contributed by atoms with Crippen LogP contribution in [0, 0.1) is 0 Å². The molecular weight excluding hydrogens is 397 g/mol. The van der Waals surface area contributed by atoms with Crippen molar-refractivity contribution in [3.8, 4) is 0 Å². The van der Waals surface area contributed by atoms with Crippen molar-refractivity contribution >= 4 is 17.5 Å². The number of nitrogens with one attached hydrogen (secondary N) is 3. The zero-order valence-corrected chi connectivity index (χ0v) is 16.6. The molecule has 1 aliphatic heterocycles. The molecule has 0 saturated heterocycles. The highest BCUT2D eigenvalue weighted by Crippen LogP contribution is 2.33. The second-order valence-electron chi connectivity index (χ2n) is 7.64. The van der Waals surface area contributed by atoms with Crippen molar-refractivity contribution in [1.82, 2.24) is 14.9 Å². The van der Waals surface area contributed by atoms with Crippen LogP contribution in [0.2, 0.25) is 0 Å². The molecule has 30 heavy (non-hydrogen) atoms. The van der Waals surface area contributed by atoms with E-state index < -0.39 is 17.9 Å². The minimum Gasteiger partial charge on any atom is -0.393 e. The van der Waals surface area contributed by atoms with Gasteiger partial charge in [0.2, 0.25) is 0 Å². The molecule has 1 unspecified atom stereocenters. The first-order valence-electron chi connectivity index (χ1n) is 10.1. The smallest absolute Gasteiger partial charge is 0.393 e. The lowest BCUT2D eigenvalue weighted by Gasteiger charge is -2.30. The van der Waals surface area contributed by atoms with Crippen LogP contribution >= 0.6 is 0 Å². The number of imidazole rings is 1. The highest BCUT2D eigenvalue weighted by molar-refractivity contribution is 5.95. The molecule has 4 rings (SSSR count). The number of guanidine groups is 1. The number of nitrogens with zero attached hydrogens (tertiary/aromatic N) is 3. The number of aliphatic imine (C=N–C) groups is 1. The molecule has 1 saturated carbocycles. The molecular formula is C20H25F3N6O. The summed E-state index contributed by atoms with van der Waals surface area (Å²) in [5.74, 6) is 1.39. The van der Waals surface area contributed by atoms with Crippen LogP contribution in [0.25, 0.3) is 0 Å². The van der Waals surface area contributed by atoms with Crippen molar-refractivity contribution in [3.63, 3.8) is 0 Å². The summed E-state index contributed by atoms with van der Waals surface area (Å²) >= 11 is 0. The second-order valence-corrected chi connectivity index (χ2v) is 7.64. The molecule has 0 radical (unpaired) electrons. The zero-order chi connectivity index (χ0) is 21.3. The number of aromatic nitrogens is 2. The van der Waals surface area contributed by atoms with Gasteiger partial charge in [-0.05, 0) is 56.9 Å². The van der Waals surface area contributed by atoms with Gasteiger partial charge in [-0.2, -0.15) is 13.2 Å². The number of halogens is 3. The monoisotopic (exact) mass is 422 g/mol. The fourth-order valence-corrected chi connectivity index (χ4v) is 3.81. The average molecular weight is 422 g/mol. The summed E-state index contributed by atoms with van der Waals surface area (Å²) in [7, 11) is 0. The maximum atomic E-state index is 12.8. The Balaban J connectivity index is 1.55. The number of hydrogen-bond acceptors (Lipinski definition) is 6. The molecule has 1 aliphatic carbocycles. The van der Waals surface area contributed by atoms with Crippen LogP contribution in [-0.4, -0.2) is 32.8 Å². The van der Waals surface area contributed by atoms with E-state index in [0.29, 0.717) is 23.9 Å². The highest BCUT2D eigenvalue weighted by atomic mass is 19.4. The maximum absolute atomic E-state index is 12.8. The van der Waals surface area contributed by atoms with Crippen LogP contribution in [0.4, 0.5) is 24.7 Å². The summed E-state index contributed by atoms with van der Waals surface area (Å²) in [6.45, 7) is 2.72. The molecule has 2 heterocycles. The highest BCUT2D eigenvalue weighted by Gasteiger charge is 2.31. The third-order valence-electron chi connectivity index (χ3n) is 5.51. The van der Waals surface area contributed by atoms with Gasteiger partial charge in [-0.3, -0.25) is 0 Å². The van der Waals surface area contributed by atoms with E-state index >= 15 is 0 Å². The van der Waals surface area contributed by atoms with E-state index in [9.17, 15) is 18.3 Å². The van der Waals surface area contributed by atoms with Crippen LogP contribution in [0.5, 0.6) is 0 Å². The third kappa shape index (κ3) is 4.38. The van der Waals surface area contributed by atoms with Gasteiger partial charge < -0.3 is 25.6 Å². The summed E-state index contributed by atoms with van der Waals surface area (Å²) in [4.78, 5) is 9.12. The van der Waals surface area contributed by atoms with Gasteiger partial charge in [-0.1, -0.05) is 0 Å². The van der Waals surface area contributed by atoms with Gasteiger partial charge >= 0.3 is 6.18 Å². The summed E-state index contributed by atoms with van der Waals surface area (Å²) in [6.07, 6.45) is -0.254. The molecule has 2 aliphatic rings. The number of alkyl halides is 3. The molecule has 1 atom stereocenters. The van der Waals surface area contributed by atoms with Crippen molar-refractivity contribution in [2.45, 2.75) is 63.6 Å². The Morgan fingerprint density at radius 3 is 2.47 bits per heavy atom. The van der Waals surface area contributed by atoms with Crippen molar-refractivity contribution in [3.05, 3.63) is 41.9 Å². The van der Waals surface area contributed by atoms with Crippen LogP contribution in [0.1, 0.15) is 50.0 Å². The number of aliphatic hydroxyl groups excluding tert-OH is 1. The normalized spacial score (nSPS) is 23.9. The number of benzene rings is 1. The Kier molecular flexibility index (Phi) is 5.59. The summed E-state index contributed by atoms with van der Waals surface area (Å²) in [6, 6.07) is 5.08. The van der Waals surface area contributed by atoms with E-state index in [1.54, 1.807) is 6.33 Å². The standard InChI is InChI=1S/C20H25F3N6O/c1-2-29-11-24-16-17(25-13-5-3-12(4-6-13)20(21,22)23)27-19(28-18(16)29)26-14-7-9-15(30)10-8-14/h3-6,11,14-15,17,25,30H,2,7-10H2,1H3,(H2,26,27,28). The Bertz CT molecular complexity index is 900. The summed E-state index contributed by atoms with van der Waals surface area (Å²) < 4.78 is 40.4. The first-order valence-corrected chi connectivity index (χ1v) is 10.1. The van der Waals surface area contributed by atoms with Crippen molar-refractivity contribution < 1.29 is 18.3 Å². The van der Waals surface area contributed by atoms with Gasteiger partial charge in [0.1, 0.15) is 11.5 Å². The van der Waals surface area contributed by atoms with Gasteiger partial charge in [0.25, 0.3) is 0 Å². The van der Waals surface area contributed by atoms with E-state index in [-0.39, 0.29) is 12.1 Å². The van der Waals surface area contributed by atoms with Gasteiger partial charge in [0.05, 0.1) is 18.0 Å². The number of rotatable bonds is 4. The van der Waals surface area contributed by atoms with Crippen LogP contribution in [0.15, 0.2) is 35.6 Å². The molecule has 1 fully saturated rings. The molecule has 0 bridgehead atoms. The zero-order valence-electron chi connectivity index (χ0n) is 16.6. The van der Waals surface area contributed by atoms with Crippen molar-refractivity contribution in [1.29, 1.82) is 0 Å². The number of hydrogen-bond donors (Lipinski definition) is 4. The summed E-state index contributed by atoms with van der Waals surface area (Å²) in [5.41, 5.74) is 0.511. The molecule has 0 amide bonds. The lowest BCUT2D eigenvalue weighted by molar-refractivity contribution is -0.137. The Hall–Kier alpha value is -2.75. The lowest BCUT2D eigenvalue weighted by atomic mass is 9.93. The Morgan fingerprint density at radius 1 is 1.13 bits per heavy atom. The number of aryl methyl sites for hydroxylation is 1. The molecule has 10 heteroatoms. The van der Waals surface area contributed by atoms with E-state index in [4.69, 9.17) is 0 Å². The molecule has 2 aromatic rings. The van der Waals surface area contributed by atoms with Crippen molar-refractivity contribution in [2.75, 3.05) is 10.6 Å². The molecule has 7 nitrogen and oxygen atoms in total. The SMILES string of the molecule is CCn1cnc2c1NC(NC1CCC(O)CC1)=NC2Nc1ccc(C(F)(F)F)cc1. The second kappa shape index (κ2) is 8.17. The Labute approximate surface area is 172 Å². The van der Waals surface area contributed by atoms with Gasteiger partial charge in [0.15, 0.2) is 12.1 Å².